The van der Waals surface area contributed by atoms with Gasteiger partial charge in [0.1, 0.15) is 6.54 Å². The summed E-state index contributed by atoms with van der Waals surface area (Å²) in [4.78, 5) is 0. The van der Waals surface area contributed by atoms with Crippen LogP contribution < -0.4 is 4.57 Å². The molecule has 0 saturated heterocycles. The number of hydrogen-bond donors (Lipinski definition) is 0. The van der Waals surface area contributed by atoms with E-state index in [4.69, 9.17) is 0 Å². The van der Waals surface area contributed by atoms with Gasteiger partial charge in [-0.3, -0.25) is 0 Å². The Morgan fingerprint density at radius 3 is 1.94 bits per heavy atom. The van der Waals surface area contributed by atoms with E-state index in [1.165, 1.54) is 4.34 Å². The molecule has 1 nitrogen and oxygen atoms in total. The van der Waals surface area contributed by atoms with Crippen LogP contribution in [0.25, 0.3) is 0 Å². The summed E-state index contributed by atoms with van der Waals surface area (Å²) in [6.07, 6.45) is 4.23. The monoisotopic (exact) mass is 305 g/mol. The molecule has 1 heterocycles. The van der Waals surface area contributed by atoms with E-state index < -0.39 is 7.81 Å². The van der Waals surface area contributed by atoms with E-state index >= 15 is 0 Å². The first-order chi connectivity index (χ1) is 6.83. The van der Waals surface area contributed by atoms with Crippen LogP contribution in [0.2, 0.25) is 0 Å². The fourth-order valence-electron chi connectivity index (χ4n) is 0.691. The average molecular weight is 305 g/mol. The van der Waals surface area contributed by atoms with Crippen LogP contribution in [0, 0.1) is 0 Å². The van der Waals surface area contributed by atoms with Gasteiger partial charge in [0.05, 0.1) is 5.38 Å². The molecule has 1 rings (SSSR count). The summed E-state index contributed by atoms with van der Waals surface area (Å²) in [6.45, 7) is 3.24. The van der Waals surface area contributed by atoms with Crippen LogP contribution in [0.4, 0.5) is 25.2 Å². The van der Waals surface area contributed by atoms with Gasteiger partial charge in [-0.1, -0.05) is 11.3 Å². The molecule has 0 atom stereocenters. The number of rotatable bonds is 2. The van der Waals surface area contributed by atoms with Crippen molar-refractivity contribution in [1.29, 1.82) is 0 Å². The summed E-state index contributed by atoms with van der Waals surface area (Å²) in [6, 6.07) is 0. The van der Waals surface area contributed by atoms with E-state index in [0.29, 0.717) is 0 Å². The molecule has 0 aliphatic rings. The Hall–Kier alpha value is -0.0100. The molecule has 0 aliphatic heterocycles. The molecular weight excluding hydrogens is 295 g/mol. The zero-order valence-corrected chi connectivity index (χ0v) is 10.9. The molecule has 0 aliphatic carbocycles. The molecule has 98 valence electrons. The number of thioether (sulfide) groups is 1. The van der Waals surface area contributed by atoms with E-state index in [0.717, 1.165) is 6.54 Å². The predicted molar refractivity (Wildman–Crippen MR) is 55.5 cm³/mol. The Balaban J connectivity index is 0.000000293. The summed E-state index contributed by atoms with van der Waals surface area (Å²) in [7, 11) is -10.7. The Kier molecular flexibility index (Phi) is 4.34. The van der Waals surface area contributed by atoms with Gasteiger partial charge in [-0.15, -0.1) is 0 Å². The van der Waals surface area contributed by atoms with Gasteiger partial charge in [-0.2, -0.15) is 4.57 Å². The quantitative estimate of drug-likeness (QED) is 0.316. The number of nitrogens with zero attached hydrogens (tertiary/aromatic N) is 1. The molecule has 0 fully saturated rings. The van der Waals surface area contributed by atoms with Crippen molar-refractivity contribution in [3.8, 4) is 0 Å². The third kappa shape index (κ3) is 12.1. The molecule has 0 amide bonds. The van der Waals surface area contributed by atoms with Crippen molar-refractivity contribution in [1.82, 2.24) is 0 Å². The zero-order chi connectivity index (χ0) is 13.1. The molecule has 0 radical (unpaired) electrons. The summed E-state index contributed by atoms with van der Waals surface area (Å²) in [5.74, 6) is 0. The van der Waals surface area contributed by atoms with E-state index in [9.17, 15) is 25.2 Å². The predicted octanol–water partition coefficient (Wildman–Crippen LogP) is 5.16. The van der Waals surface area contributed by atoms with E-state index in [1.807, 2.05) is 11.8 Å². The summed E-state index contributed by atoms with van der Waals surface area (Å²) in [5, 5.41) is 2.12. The van der Waals surface area contributed by atoms with Crippen LogP contribution in [0.5, 0.6) is 0 Å². The molecule has 1 aromatic heterocycles. The van der Waals surface area contributed by atoms with Crippen LogP contribution in [-0.2, 0) is 6.54 Å². The van der Waals surface area contributed by atoms with Crippen molar-refractivity contribution in [3.63, 3.8) is 0 Å². The van der Waals surface area contributed by atoms with Crippen molar-refractivity contribution >= 4 is 30.9 Å². The van der Waals surface area contributed by atoms with Gasteiger partial charge in [0.2, 0.25) is 0 Å². The summed E-state index contributed by atoms with van der Waals surface area (Å²) >= 11 is 3.61. The van der Waals surface area contributed by atoms with Crippen LogP contribution in [0.15, 0.2) is 15.9 Å². The molecule has 16 heavy (non-hydrogen) atoms. The molecule has 0 unspecified atom stereocenters. The van der Waals surface area contributed by atoms with Crippen molar-refractivity contribution in [2.45, 2.75) is 17.8 Å². The van der Waals surface area contributed by atoms with E-state index in [2.05, 4.69) is 29.3 Å². The fourth-order valence-corrected chi connectivity index (χ4v) is 2.32. The van der Waals surface area contributed by atoms with Gasteiger partial charge in [-0.05, 0) is 24.9 Å². The maximum absolute atomic E-state index is 10.7. The second kappa shape index (κ2) is 4.34. The Morgan fingerprint density at radius 2 is 1.69 bits per heavy atom. The minimum absolute atomic E-state index is 1.08. The second-order valence-electron chi connectivity index (χ2n) is 2.62. The molecule has 10 heteroatoms. The molecule has 0 aromatic carbocycles. The molecule has 0 saturated carbocycles. The van der Waals surface area contributed by atoms with Crippen LogP contribution in [0.3, 0.4) is 0 Å². The molecule has 0 bridgehead atoms. The van der Waals surface area contributed by atoms with Gasteiger partial charge in [0, 0.05) is 0 Å². The average Bonchev–Trinajstić information content (AvgIpc) is 2.44. The first kappa shape index (κ1) is 16.0. The number of hydrogen-bond acceptors (Lipinski definition) is 2. The number of aryl methyl sites for hydroxylation is 1. The maximum atomic E-state index is 9.87. The van der Waals surface area contributed by atoms with Crippen LogP contribution in [0.1, 0.15) is 6.92 Å². The fraction of sp³-hybridized carbons (Fsp3) is 0.500. The van der Waals surface area contributed by atoms with Crippen molar-refractivity contribution < 1.29 is 29.7 Å². The van der Waals surface area contributed by atoms with Crippen LogP contribution in [-0.4, -0.2) is 6.26 Å². The van der Waals surface area contributed by atoms with Crippen LogP contribution >= 0.6 is 30.9 Å². The van der Waals surface area contributed by atoms with Gasteiger partial charge < -0.3 is 0 Å². The van der Waals surface area contributed by atoms with Gasteiger partial charge in [0.25, 0.3) is 4.34 Å². The van der Waals surface area contributed by atoms with Gasteiger partial charge >= 0.3 is 33.0 Å². The minimum atomic E-state index is -10.7. The zero-order valence-electron chi connectivity index (χ0n) is 8.34. The van der Waals surface area contributed by atoms with E-state index in [-0.39, 0.29) is 0 Å². The molecule has 0 N–H and O–H groups in total. The van der Waals surface area contributed by atoms with E-state index in [1.54, 1.807) is 11.3 Å². The van der Waals surface area contributed by atoms with Crippen molar-refractivity contribution in [2.24, 2.45) is 0 Å². The van der Waals surface area contributed by atoms with Crippen molar-refractivity contribution in [2.75, 3.05) is 6.26 Å². The molecule has 0 spiro atoms. The third-order valence-electron chi connectivity index (χ3n) is 1.16. The SMILES string of the molecule is CC[n+]1ccsc1SC.F[P-](F)(F)(F)(F)F. The summed E-state index contributed by atoms with van der Waals surface area (Å²) in [5.41, 5.74) is 0. The van der Waals surface area contributed by atoms with Crippen molar-refractivity contribution in [3.05, 3.63) is 11.6 Å². The first-order valence-corrected chi connectivity index (χ1v) is 8.04. The standard InChI is InChI=1S/C6H10NS2.F6P/c1-3-7-4-5-9-6(7)8-2;1-7(2,3,4,5)6/h4-5H,3H2,1-2H3;/q+1;-1. The topological polar surface area (TPSA) is 3.88 Å². The normalized spacial score (nSPS) is 15.8. The first-order valence-electron chi connectivity index (χ1n) is 3.90. The van der Waals surface area contributed by atoms with Gasteiger partial charge in [0.15, 0.2) is 6.20 Å². The molecular formula is C6H10F6NPS2. The third-order valence-corrected chi connectivity index (χ3v) is 3.23. The Labute approximate surface area is 96.7 Å². The second-order valence-corrected chi connectivity index (χ2v) is 6.48. The number of halogens is 6. The Morgan fingerprint density at radius 1 is 1.25 bits per heavy atom. The molecule has 1 aromatic rings. The summed E-state index contributed by atoms with van der Waals surface area (Å²) < 4.78 is 62.8. The number of thiazole rings is 1. The van der Waals surface area contributed by atoms with Gasteiger partial charge in [-0.25, -0.2) is 0 Å². The Bertz CT molecular complexity index is 314. The number of aromatic nitrogens is 1.